The van der Waals surface area contributed by atoms with Gasteiger partial charge in [0, 0.05) is 5.39 Å². The second-order valence-electron chi connectivity index (χ2n) is 5.59. The number of carbonyl (C=O) groups is 1. The molecule has 2 aromatic rings. The number of benzene rings is 1. The summed E-state index contributed by atoms with van der Waals surface area (Å²) in [6.07, 6.45) is 6.44. The van der Waals surface area contributed by atoms with Crippen LogP contribution < -0.4 is 11.1 Å². The molecule has 1 aromatic carbocycles. The predicted molar refractivity (Wildman–Crippen MR) is 80.4 cm³/mol. The average molecular weight is 269 g/mol. The number of aromatic nitrogens is 1. The number of nitrogens with two attached hydrogens (primary N) is 1. The first-order valence-electron chi connectivity index (χ1n) is 7.13. The first-order chi connectivity index (χ1) is 9.67. The molecule has 1 saturated carbocycles. The maximum absolute atomic E-state index is 12.4. The highest BCUT2D eigenvalue weighted by molar-refractivity contribution is 5.99. The Kier molecular flexibility index (Phi) is 3.40. The third-order valence-corrected chi connectivity index (χ3v) is 4.05. The number of hydrogen-bond acceptors (Lipinski definition) is 3. The van der Waals surface area contributed by atoms with Gasteiger partial charge in [-0.3, -0.25) is 9.78 Å². The Morgan fingerprint density at radius 1 is 1.20 bits per heavy atom. The third-order valence-electron chi connectivity index (χ3n) is 4.05. The van der Waals surface area contributed by atoms with Crippen LogP contribution in [0.2, 0.25) is 0 Å². The Balaban J connectivity index is 1.80. The van der Waals surface area contributed by atoms with Gasteiger partial charge in [-0.25, -0.2) is 0 Å². The fraction of sp³-hybridized carbons (Fsp3) is 0.375. The van der Waals surface area contributed by atoms with Gasteiger partial charge in [0.15, 0.2) is 0 Å². The van der Waals surface area contributed by atoms with Crippen molar-refractivity contribution in [3.8, 4) is 0 Å². The van der Waals surface area contributed by atoms with Crippen LogP contribution in [0.5, 0.6) is 0 Å². The molecule has 0 unspecified atom stereocenters. The molecular formula is C16H19N3O. The van der Waals surface area contributed by atoms with Gasteiger partial charge >= 0.3 is 0 Å². The summed E-state index contributed by atoms with van der Waals surface area (Å²) in [5, 5.41) is 3.93. The maximum Gasteiger partial charge on any atom is 0.244 e. The molecule has 0 aliphatic heterocycles. The highest BCUT2D eigenvalue weighted by Crippen LogP contribution is 2.27. The molecule has 1 amide bonds. The number of pyridine rings is 1. The summed E-state index contributed by atoms with van der Waals surface area (Å²) in [6, 6.07) is 9.78. The van der Waals surface area contributed by atoms with Gasteiger partial charge in [0.1, 0.15) is 0 Å². The van der Waals surface area contributed by atoms with E-state index in [2.05, 4.69) is 10.3 Å². The van der Waals surface area contributed by atoms with E-state index in [0.29, 0.717) is 5.69 Å². The second kappa shape index (κ2) is 5.21. The molecule has 1 fully saturated rings. The van der Waals surface area contributed by atoms with Gasteiger partial charge in [-0.1, -0.05) is 37.5 Å². The van der Waals surface area contributed by atoms with Gasteiger partial charge in [-0.2, -0.15) is 0 Å². The number of rotatable bonds is 2. The molecule has 20 heavy (non-hydrogen) atoms. The van der Waals surface area contributed by atoms with Crippen molar-refractivity contribution in [2.24, 2.45) is 5.73 Å². The SMILES string of the molecule is NC1(C(=O)Nc2cnc3ccccc3c2)CCCCC1. The summed E-state index contributed by atoms with van der Waals surface area (Å²) in [6.45, 7) is 0. The van der Waals surface area contributed by atoms with E-state index in [9.17, 15) is 4.79 Å². The smallest absolute Gasteiger partial charge is 0.244 e. The lowest BCUT2D eigenvalue weighted by molar-refractivity contribution is -0.122. The lowest BCUT2D eigenvalue weighted by atomic mass is 9.82. The number of nitrogens with zero attached hydrogens (tertiary/aromatic N) is 1. The molecule has 1 aliphatic rings. The molecule has 0 bridgehead atoms. The van der Waals surface area contributed by atoms with Crippen LogP contribution in [0.3, 0.4) is 0 Å². The van der Waals surface area contributed by atoms with Gasteiger partial charge < -0.3 is 11.1 Å². The van der Waals surface area contributed by atoms with Crippen LogP contribution in [0.1, 0.15) is 32.1 Å². The van der Waals surface area contributed by atoms with E-state index in [0.717, 1.165) is 36.6 Å². The molecule has 1 aliphatic carbocycles. The van der Waals surface area contributed by atoms with Crippen molar-refractivity contribution >= 4 is 22.5 Å². The van der Waals surface area contributed by atoms with Gasteiger partial charge in [-0.15, -0.1) is 0 Å². The largest absolute Gasteiger partial charge is 0.323 e. The maximum atomic E-state index is 12.4. The summed E-state index contributed by atoms with van der Waals surface area (Å²) in [5.41, 5.74) is 7.15. The average Bonchev–Trinajstić information content (AvgIpc) is 2.48. The quantitative estimate of drug-likeness (QED) is 0.881. The van der Waals surface area contributed by atoms with Crippen LogP contribution in [-0.4, -0.2) is 16.4 Å². The van der Waals surface area contributed by atoms with E-state index in [-0.39, 0.29) is 5.91 Å². The summed E-state index contributed by atoms with van der Waals surface area (Å²) in [7, 11) is 0. The van der Waals surface area contributed by atoms with Crippen molar-refractivity contribution in [3.05, 3.63) is 36.5 Å². The highest BCUT2D eigenvalue weighted by atomic mass is 16.2. The topological polar surface area (TPSA) is 68.0 Å². The van der Waals surface area contributed by atoms with Crippen molar-refractivity contribution in [2.45, 2.75) is 37.6 Å². The molecule has 3 rings (SSSR count). The van der Waals surface area contributed by atoms with Crippen LogP contribution in [0.25, 0.3) is 10.9 Å². The van der Waals surface area contributed by atoms with E-state index in [1.807, 2.05) is 30.3 Å². The standard InChI is InChI=1S/C16H19N3O/c17-16(8-4-1-5-9-16)15(20)19-13-10-12-6-2-3-7-14(12)18-11-13/h2-3,6-7,10-11H,1,4-5,8-9,17H2,(H,19,20). The molecule has 0 atom stereocenters. The number of anilines is 1. The van der Waals surface area contributed by atoms with Gasteiger partial charge in [0.05, 0.1) is 22.9 Å². The van der Waals surface area contributed by atoms with Crippen molar-refractivity contribution in [2.75, 3.05) is 5.32 Å². The molecule has 1 heterocycles. The Morgan fingerprint density at radius 3 is 2.75 bits per heavy atom. The molecular weight excluding hydrogens is 250 g/mol. The number of fused-ring (bicyclic) bond motifs is 1. The molecule has 0 spiro atoms. The van der Waals surface area contributed by atoms with Crippen molar-refractivity contribution in [1.82, 2.24) is 4.98 Å². The lowest BCUT2D eigenvalue weighted by Crippen LogP contribution is -2.52. The fourth-order valence-corrected chi connectivity index (χ4v) is 2.80. The third kappa shape index (κ3) is 2.51. The van der Waals surface area contributed by atoms with Gasteiger partial charge in [-0.05, 0) is 25.0 Å². The molecule has 0 radical (unpaired) electrons. The lowest BCUT2D eigenvalue weighted by Gasteiger charge is -2.31. The molecule has 0 saturated heterocycles. The molecule has 1 aromatic heterocycles. The summed E-state index contributed by atoms with van der Waals surface area (Å²) < 4.78 is 0. The minimum absolute atomic E-state index is 0.0886. The van der Waals surface area contributed by atoms with Gasteiger partial charge in [0.2, 0.25) is 5.91 Å². The van der Waals surface area contributed by atoms with E-state index in [1.165, 1.54) is 6.42 Å². The zero-order chi connectivity index (χ0) is 14.0. The summed E-state index contributed by atoms with van der Waals surface area (Å²) >= 11 is 0. The Bertz CT molecular complexity index is 632. The Labute approximate surface area is 118 Å². The van der Waals surface area contributed by atoms with Crippen molar-refractivity contribution in [3.63, 3.8) is 0 Å². The van der Waals surface area contributed by atoms with E-state index >= 15 is 0 Å². The zero-order valence-corrected chi connectivity index (χ0v) is 11.4. The number of para-hydroxylation sites is 1. The fourth-order valence-electron chi connectivity index (χ4n) is 2.80. The first kappa shape index (κ1) is 13.1. The van der Waals surface area contributed by atoms with Crippen molar-refractivity contribution in [1.29, 1.82) is 0 Å². The Hall–Kier alpha value is -1.94. The minimum Gasteiger partial charge on any atom is -0.323 e. The minimum atomic E-state index is -0.718. The molecule has 4 nitrogen and oxygen atoms in total. The molecule has 104 valence electrons. The molecule has 4 heteroatoms. The van der Waals surface area contributed by atoms with Gasteiger partial charge in [0.25, 0.3) is 0 Å². The highest BCUT2D eigenvalue weighted by Gasteiger charge is 2.35. The number of amides is 1. The van der Waals surface area contributed by atoms with E-state index in [1.54, 1.807) is 6.20 Å². The zero-order valence-electron chi connectivity index (χ0n) is 11.4. The predicted octanol–water partition coefficient (Wildman–Crippen LogP) is 2.83. The Morgan fingerprint density at radius 2 is 1.95 bits per heavy atom. The first-order valence-corrected chi connectivity index (χ1v) is 7.13. The van der Waals surface area contributed by atoms with Crippen LogP contribution in [-0.2, 0) is 4.79 Å². The van der Waals surface area contributed by atoms with Crippen LogP contribution >= 0.6 is 0 Å². The number of hydrogen-bond donors (Lipinski definition) is 2. The van der Waals surface area contributed by atoms with Crippen LogP contribution in [0.4, 0.5) is 5.69 Å². The summed E-state index contributed by atoms with van der Waals surface area (Å²) in [5.74, 6) is -0.0886. The number of nitrogens with one attached hydrogen (secondary N) is 1. The molecule has 3 N–H and O–H groups in total. The summed E-state index contributed by atoms with van der Waals surface area (Å²) in [4.78, 5) is 16.7. The van der Waals surface area contributed by atoms with E-state index < -0.39 is 5.54 Å². The van der Waals surface area contributed by atoms with Crippen molar-refractivity contribution < 1.29 is 4.79 Å². The van der Waals surface area contributed by atoms with Crippen LogP contribution in [0, 0.1) is 0 Å². The normalized spacial score (nSPS) is 17.9. The second-order valence-corrected chi connectivity index (χ2v) is 5.59. The number of carbonyl (C=O) groups excluding carboxylic acids is 1. The van der Waals surface area contributed by atoms with E-state index in [4.69, 9.17) is 5.73 Å². The monoisotopic (exact) mass is 269 g/mol. The van der Waals surface area contributed by atoms with Crippen LogP contribution in [0.15, 0.2) is 36.5 Å².